The van der Waals surface area contributed by atoms with Crippen molar-refractivity contribution in [1.29, 1.82) is 0 Å². The number of aliphatic hydroxyl groups is 4. The van der Waals surface area contributed by atoms with E-state index in [2.05, 4.69) is 67.2 Å². The molecule has 6 N–H and O–H groups in total. The van der Waals surface area contributed by atoms with Crippen molar-refractivity contribution in [2.45, 2.75) is 167 Å². The van der Waals surface area contributed by atoms with E-state index in [-0.39, 0.29) is 77.5 Å². The first-order valence-corrected chi connectivity index (χ1v) is 36.0. The molecule has 0 unspecified atom stereocenters. The fraction of sp³-hybridized carbons (Fsp3) is 0.514. The molecule has 6 aromatic carbocycles. The Labute approximate surface area is 570 Å². The maximum atomic E-state index is 15.9. The van der Waals surface area contributed by atoms with Gasteiger partial charge in [0.15, 0.2) is 46.0 Å². The second kappa shape index (κ2) is 41.7. The number of halogens is 5. The highest BCUT2D eigenvalue weighted by molar-refractivity contribution is 9.69. The van der Waals surface area contributed by atoms with Crippen molar-refractivity contribution in [1.82, 2.24) is 0 Å². The monoisotopic (exact) mass is 1460 g/mol. The fourth-order valence-corrected chi connectivity index (χ4v) is 12.4. The molecule has 18 heteroatoms. The van der Waals surface area contributed by atoms with Crippen LogP contribution in [0.2, 0.25) is 0 Å². The predicted molar refractivity (Wildman–Crippen MR) is 379 cm³/mol. The molecular formula is C74H98BBr3F2O12. The third-order valence-electron chi connectivity index (χ3n) is 17.5. The van der Waals surface area contributed by atoms with Crippen LogP contribution in [0, 0.1) is 23.5 Å². The lowest BCUT2D eigenvalue weighted by molar-refractivity contribution is 0.228. The van der Waals surface area contributed by atoms with Crippen LogP contribution < -0.4 is 28.4 Å². The highest BCUT2D eigenvalue weighted by atomic mass is 79.9. The van der Waals surface area contributed by atoms with Crippen molar-refractivity contribution in [3.05, 3.63) is 120 Å². The Morgan fingerprint density at radius 2 is 0.826 bits per heavy atom. The van der Waals surface area contributed by atoms with Crippen LogP contribution in [0.4, 0.5) is 8.78 Å². The Hall–Kier alpha value is -5.08. The van der Waals surface area contributed by atoms with E-state index in [4.69, 9.17) is 38.6 Å². The quantitative estimate of drug-likeness (QED) is 0.0167. The van der Waals surface area contributed by atoms with Gasteiger partial charge < -0.3 is 59.1 Å². The summed E-state index contributed by atoms with van der Waals surface area (Å²) in [6.45, 7) is 5.85. The first-order valence-electron chi connectivity index (χ1n) is 33.3. The number of phenols is 2. The third kappa shape index (κ3) is 23.7. The van der Waals surface area contributed by atoms with Crippen molar-refractivity contribution in [2.75, 3.05) is 67.1 Å². The van der Waals surface area contributed by atoms with Gasteiger partial charge in [0, 0.05) is 61.5 Å². The number of methoxy groups -OCH3 is 2. The van der Waals surface area contributed by atoms with Crippen molar-refractivity contribution in [3.8, 4) is 90.5 Å². The van der Waals surface area contributed by atoms with Gasteiger partial charge in [-0.2, -0.15) is 0 Å². The molecule has 2 saturated carbocycles. The van der Waals surface area contributed by atoms with E-state index in [1.807, 2.05) is 42.5 Å². The molecule has 2 aliphatic rings. The molecule has 2 aliphatic carbocycles. The summed E-state index contributed by atoms with van der Waals surface area (Å²) in [4.78, 5) is 0. The number of hydrogen-bond acceptors (Lipinski definition) is 12. The molecule has 504 valence electrons. The van der Waals surface area contributed by atoms with Gasteiger partial charge in [-0.15, -0.1) is 47.3 Å². The van der Waals surface area contributed by atoms with E-state index in [9.17, 15) is 20.4 Å². The number of hydrogen-bond donors (Lipinski definition) is 6. The van der Waals surface area contributed by atoms with Crippen molar-refractivity contribution >= 4 is 50.5 Å². The lowest BCUT2D eigenvalue weighted by atomic mass is 9.77. The molecule has 6 aromatic rings. The summed E-state index contributed by atoms with van der Waals surface area (Å²) in [6, 6.07) is 28.7. The van der Waals surface area contributed by atoms with E-state index in [0.29, 0.717) is 120 Å². The number of benzene rings is 6. The average molecular weight is 1470 g/mol. The lowest BCUT2D eigenvalue weighted by Gasteiger charge is -2.29. The van der Waals surface area contributed by atoms with E-state index in [1.165, 1.54) is 89.2 Å². The second-order valence-electron chi connectivity index (χ2n) is 24.0. The van der Waals surface area contributed by atoms with Crippen LogP contribution in [0.15, 0.2) is 97.1 Å². The Morgan fingerprint density at radius 3 is 1.29 bits per heavy atom. The largest absolute Gasteiger partial charge is 0.504 e. The lowest BCUT2D eigenvalue weighted by Crippen LogP contribution is -2.13. The molecular weight excluding hydrogens is 1370 g/mol. The minimum Gasteiger partial charge on any atom is -0.504 e. The highest BCUT2D eigenvalue weighted by Crippen LogP contribution is 2.48. The molecule has 2 fully saturated rings. The summed E-state index contributed by atoms with van der Waals surface area (Å²) in [6.07, 6.45) is 23.0. The fourth-order valence-electron chi connectivity index (χ4n) is 12.4. The predicted octanol–water partition coefficient (Wildman–Crippen LogP) is 19.4. The van der Waals surface area contributed by atoms with Gasteiger partial charge in [0.05, 0.1) is 40.6 Å². The number of ether oxygens (including phenoxy) is 6. The maximum absolute atomic E-state index is 15.9. The molecule has 0 spiro atoms. The average Bonchev–Trinajstić information content (AvgIpc) is 0.802. The number of aromatic hydroxyl groups is 2. The van der Waals surface area contributed by atoms with Gasteiger partial charge in [-0.25, -0.2) is 8.78 Å². The third-order valence-corrected chi connectivity index (χ3v) is 17.5. The Balaban J connectivity index is 0.000000276. The second-order valence-corrected chi connectivity index (χ2v) is 30.5. The topological polar surface area (TPSA) is 177 Å². The molecule has 0 aromatic heterocycles. The highest BCUT2D eigenvalue weighted by Gasteiger charge is 2.27. The summed E-state index contributed by atoms with van der Waals surface area (Å²) in [5.41, 5.74) is 6.86. The summed E-state index contributed by atoms with van der Waals surface area (Å²) in [5, 5.41) is 58.1. The zero-order valence-electron chi connectivity index (χ0n) is 54.4. The maximum Gasteiger partial charge on any atom is 0.369 e. The Morgan fingerprint density at radius 1 is 0.402 bits per heavy atom. The molecule has 0 bridgehead atoms. The van der Waals surface area contributed by atoms with Crippen LogP contribution in [0.25, 0.3) is 44.5 Å². The van der Waals surface area contributed by atoms with Gasteiger partial charge in [-0.3, -0.25) is 0 Å². The smallest absolute Gasteiger partial charge is 0.369 e. The molecule has 0 saturated heterocycles. The van der Waals surface area contributed by atoms with Gasteiger partial charge >= 0.3 is 3.18 Å². The van der Waals surface area contributed by atoms with E-state index >= 15 is 8.78 Å². The molecule has 0 amide bonds. The number of rotatable bonds is 34. The van der Waals surface area contributed by atoms with Gasteiger partial charge in [0.25, 0.3) is 0 Å². The Bertz CT molecular complexity index is 3120. The van der Waals surface area contributed by atoms with Crippen LogP contribution in [0.1, 0.15) is 178 Å². The van der Waals surface area contributed by atoms with Crippen LogP contribution in [0.3, 0.4) is 0 Å². The molecule has 0 aliphatic heterocycles. The van der Waals surface area contributed by atoms with E-state index in [0.717, 1.165) is 59.8 Å². The Kier molecular flexibility index (Phi) is 34.4. The molecule has 0 heterocycles. The molecule has 92 heavy (non-hydrogen) atoms. The number of aliphatic hydroxyl groups excluding tert-OH is 4. The zero-order chi connectivity index (χ0) is 66.2. The van der Waals surface area contributed by atoms with Crippen LogP contribution >= 0.6 is 47.3 Å². The first-order chi connectivity index (χ1) is 44.7. The number of phenolic OH excluding ortho intramolecular Hbond substituents is 2. The molecule has 0 radical (unpaired) electrons. The van der Waals surface area contributed by atoms with E-state index < -0.39 is 0 Å². The summed E-state index contributed by atoms with van der Waals surface area (Å²) < 4.78 is 67.0. The standard InChI is InChI=1S/C38H51FO6.C36H47FO6.BBr3/c1-4-5-6-10-27-11-13-28(14-12-27)29-15-17-32(34(39)24-29)31-23-33(38(37(26-31)43-3)45-21-8-7-19-40)30-16-18-35(42-2)36(25-30)44-22-9-20-41;1-2-3-4-8-25-9-11-26(12-10-25)27-13-15-30(32(37)22-27)29-21-31(36(34(41)23-29)43-19-6-5-17-38)28-14-16-33(40)35(24-28)42-20-7-18-39;2-1(3)4/h15-18,23-28,40-41H,4-14,19-22H2,1-3H3;13-16,21-26,38-41H,2-12,17-20H2,1H3;. The van der Waals surface area contributed by atoms with Crippen molar-refractivity contribution in [3.63, 3.8) is 0 Å². The minimum atomic E-state index is -0.330. The normalized spacial score (nSPS) is 16.1. The van der Waals surface area contributed by atoms with Gasteiger partial charge in [-0.1, -0.05) is 102 Å². The minimum absolute atomic E-state index is 0.0255. The SMILES string of the molecule is BrB(Br)Br.CCCCCC1CCC(c2ccc(-c3cc(O)c(OCCCCO)c(-c4ccc(O)c(OCCCO)c4)c3)c(F)c2)CC1.CCCCCC1CCC(c2ccc(-c3cc(OC)c(OCCCCO)c(-c4ccc(OC)c(OCCCO)c4)c3)c(F)c2)CC1. The summed E-state index contributed by atoms with van der Waals surface area (Å²) >= 11 is 9.31. The molecule has 0 atom stereocenters. The van der Waals surface area contributed by atoms with E-state index in [1.54, 1.807) is 50.6 Å². The van der Waals surface area contributed by atoms with Crippen LogP contribution in [-0.2, 0) is 0 Å². The summed E-state index contributed by atoms with van der Waals surface area (Å²) in [7, 11) is 3.16. The van der Waals surface area contributed by atoms with Crippen LogP contribution in [0.5, 0.6) is 46.0 Å². The molecule has 12 nitrogen and oxygen atoms in total. The van der Waals surface area contributed by atoms with Crippen LogP contribution in [-0.4, -0.2) is 101 Å². The van der Waals surface area contributed by atoms with Gasteiger partial charge in [0.1, 0.15) is 11.6 Å². The van der Waals surface area contributed by atoms with Gasteiger partial charge in [-0.05, 0) is 195 Å². The molecule has 8 rings (SSSR count). The number of unbranched alkanes of at least 4 members (excludes halogenated alkanes) is 6. The first kappa shape index (κ1) is 75.9. The van der Waals surface area contributed by atoms with Crippen molar-refractivity contribution < 1.29 is 67.8 Å². The van der Waals surface area contributed by atoms with Gasteiger partial charge in [0.2, 0.25) is 0 Å². The van der Waals surface area contributed by atoms with Crippen molar-refractivity contribution in [2.24, 2.45) is 11.8 Å². The zero-order valence-corrected chi connectivity index (χ0v) is 59.1. The summed E-state index contributed by atoms with van der Waals surface area (Å²) in [5.74, 6) is 4.23.